The number of rotatable bonds is 3. The third-order valence-electron chi connectivity index (χ3n) is 6.62. The van der Waals surface area contributed by atoms with Crippen molar-refractivity contribution in [2.45, 2.75) is 12.1 Å². The van der Waals surface area contributed by atoms with E-state index < -0.39 is 23.9 Å². The van der Waals surface area contributed by atoms with Crippen LogP contribution in [0.3, 0.4) is 0 Å². The van der Waals surface area contributed by atoms with Gasteiger partial charge < -0.3 is 5.32 Å². The first-order chi connectivity index (χ1) is 16.1. The molecule has 6 rings (SSSR count). The van der Waals surface area contributed by atoms with Gasteiger partial charge in [-0.1, -0.05) is 60.7 Å². The van der Waals surface area contributed by atoms with Crippen LogP contribution in [0.2, 0.25) is 0 Å². The number of nitrogens with one attached hydrogen (secondary N) is 1. The van der Waals surface area contributed by atoms with E-state index in [0.29, 0.717) is 11.4 Å². The largest absolute Gasteiger partial charge is 0.324 e. The SMILES string of the molecule is O=C(Nc1ccccc1)[C@H]1[C@H]2C(=O)N(c3ccccc3)C(=O)[C@H]2C2c3ccccc3C=NN21. The van der Waals surface area contributed by atoms with Gasteiger partial charge in [-0.15, -0.1) is 0 Å². The molecule has 0 aromatic heterocycles. The Morgan fingerprint density at radius 2 is 1.42 bits per heavy atom. The van der Waals surface area contributed by atoms with Gasteiger partial charge in [-0.05, 0) is 35.4 Å². The minimum atomic E-state index is -0.907. The quantitative estimate of drug-likeness (QED) is 0.640. The van der Waals surface area contributed by atoms with Crippen LogP contribution in [0.15, 0.2) is 90.0 Å². The number of carbonyl (C=O) groups is 3. The molecule has 3 aromatic rings. The number of carbonyl (C=O) groups excluding carboxylic acids is 3. The number of hydrogen-bond acceptors (Lipinski definition) is 5. The van der Waals surface area contributed by atoms with Crippen molar-refractivity contribution in [3.63, 3.8) is 0 Å². The lowest BCUT2D eigenvalue weighted by atomic mass is 9.85. The summed E-state index contributed by atoms with van der Waals surface area (Å²) in [4.78, 5) is 42.1. The Kier molecular flexibility index (Phi) is 4.36. The van der Waals surface area contributed by atoms with Crippen molar-refractivity contribution >= 4 is 35.3 Å². The summed E-state index contributed by atoms with van der Waals surface area (Å²) in [6.45, 7) is 0. The van der Waals surface area contributed by atoms with Gasteiger partial charge in [0.15, 0.2) is 0 Å². The molecule has 7 nitrogen and oxygen atoms in total. The van der Waals surface area contributed by atoms with Crippen LogP contribution >= 0.6 is 0 Å². The summed E-state index contributed by atoms with van der Waals surface area (Å²) < 4.78 is 0. The number of anilines is 2. The van der Waals surface area contributed by atoms with E-state index in [2.05, 4.69) is 10.4 Å². The predicted octanol–water partition coefficient (Wildman–Crippen LogP) is 3.20. The van der Waals surface area contributed by atoms with Crippen molar-refractivity contribution in [2.75, 3.05) is 10.2 Å². The Bertz CT molecular complexity index is 1290. The molecule has 33 heavy (non-hydrogen) atoms. The smallest absolute Gasteiger partial charge is 0.249 e. The predicted molar refractivity (Wildman–Crippen MR) is 123 cm³/mol. The number of benzene rings is 3. The van der Waals surface area contributed by atoms with E-state index in [9.17, 15) is 14.4 Å². The van der Waals surface area contributed by atoms with Crippen LogP contribution in [0.25, 0.3) is 0 Å². The van der Waals surface area contributed by atoms with Crippen molar-refractivity contribution < 1.29 is 14.4 Å². The van der Waals surface area contributed by atoms with Gasteiger partial charge in [-0.3, -0.25) is 19.4 Å². The van der Waals surface area contributed by atoms with Gasteiger partial charge in [0, 0.05) is 5.69 Å². The first kappa shape index (κ1) is 19.4. The van der Waals surface area contributed by atoms with Crippen LogP contribution in [0.5, 0.6) is 0 Å². The van der Waals surface area contributed by atoms with Crippen LogP contribution in [0.1, 0.15) is 17.2 Å². The fraction of sp³-hybridized carbons (Fsp3) is 0.154. The van der Waals surface area contributed by atoms with Crippen LogP contribution in [0, 0.1) is 11.8 Å². The van der Waals surface area contributed by atoms with Gasteiger partial charge in [-0.2, -0.15) is 5.10 Å². The molecule has 1 N–H and O–H groups in total. The van der Waals surface area contributed by atoms with E-state index in [1.54, 1.807) is 47.6 Å². The van der Waals surface area contributed by atoms with Gasteiger partial charge >= 0.3 is 0 Å². The molecule has 7 heteroatoms. The zero-order chi connectivity index (χ0) is 22.5. The first-order valence-electron chi connectivity index (χ1n) is 10.8. The highest BCUT2D eigenvalue weighted by molar-refractivity contribution is 6.24. The van der Waals surface area contributed by atoms with Crippen LogP contribution in [-0.2, 0) is 14.4 Å². The van der Waals surface area contributed by atoms with E-state index in [1.807, 2.05) is 48.5 Å². The lowest BCUT2D eigenvalue weighted by Crippen LogP contribution is -2.46. The van der Waals surface area contributed by atoms with E-state index in [1.165, 1.54) is 4.90 Å². The zero-order valence-corrected chi connectivity index (χ0v) is 17.5. The zero-order valence-electron chi connectivity index (χ0n) is 17.5. The average Bonchev–Trinajstić information content (AvgIpc) is 3.33. The third-order valence-corrected chi connectivity index (χ3v) is 6.62. The highest BCUT2D eigenvalue weighted by atomic mass is 16.2. The summed E-state index contributed by atoms with van der Waals surface area (Å²) in [5.74, 6) is -2.57. The Morgan fingerprint density at radius 1 is 0.788 bits per heavy atom. The molecule has 2 fully saturated rings. The molecule has 3 heterocycles. The highest BCUT2D eigenvalue weighted by Gasteiger charge is 2.65. The topological polar surface area (TPSA) is 82.1 Å². The minimum absolute atomic E-state index is 0.298. The number of nitrogens with zero attached hydrogens (tertiary/aromatic N) is 3. The standard InChI is InChI=1S/C26H20N4O3/c31-24(28-17-10-3-1-4-11-17)23-21-20(22-19-14-8-7-9-16(19)15-27-30(22)23)25(32)29(26(21)33)18-12-5-2-6-13-18/h1-15,20-23H,(H,28,31)/t20-,21+,22?,23-/m1/s1. The van der Waals surface area contributed by atoms with E-state index in [-0.39, 0.29) is 17.7 Å². The van der Waals surface area contributed by atoms with Gasteiger partial charge in [0.2, 0.25) is 17.7 Å². The van der Waals surface area contributed by atoms with Gasteiger partial charge in [0.05, 0.1) is 29.8 Å². The van der Waals surface area contributed by atoms with E-state index in [0.717, 1.165) is 11.1 Å². The molecule has 0 radical (unpaired) electrons. The van der Waals surface area contributed by atoms with Crippen molar-refractivity contribution in [1.82, 2.24) is 5.01 Å². The van der Waals surface area contributed by atoms with Crippen LogP contribution in [-0.4, -0.2) is 35.0 Å². The molecule has 0 spiro atoms. The van der Waals surface area contributed by atoms with E-state index >= 15 is 0 Å². The van der Waals surface area contributed by atoms with Crippen LogP contribution in [0.4, 0.5) is 11.4 Å². The molecule has 162 valence electrons. The number of amides is 3. The second-order valence-electron chi connectivity index (χ2n) is 8.40. The molecule has 3 aliphatic heterocycles. The van der Waals surface area contributed by atoms with Gasteiger partial charge in [0.1, 0.15) is 6.04 Å². The summed E-state index contributed by atoms with van der Waals surface area (Å²) in [6.07, 6.45) is 1.69. The number of imide groups is 1. The second kappa shape index (κ2) is 7.41. The summed E-state index contributed by atoms with van der Waals surface area (Å²) in [5.41, 5.74) is 2.93. The van der Waals surface area contributed by atoms with Gasteiger partial charge in [0.25, 0.3) is 0 Å². The maximum absolute atomic E-state index is 13.7. The molecule has 3 amide bonds. The molecule has 2 saturated heterocycles. The third kappa shape index (κ3) is 2.89. The second-order valence-corrected chi connectivity index (χ2v) is 8.40. The fourth-order valence-electron chi connectivity index (χ4n) is 5.24. The molecular weight excluding hydrogens is 416 g/mol. The Labute approximate surface area is 190 Å². The normalized spacial score (nSPS) is 25.0. The Hall–Kier alpha value is -4.26. The summed E-state index contributed by atoms with van der Waals surface area (Å²) in [7, 11) is 0. The maximum atomic E-state index is 13.7. The van der Waals surface area contributed by atoms with E-state index in [4.69, 9.17) is 0 Å². The molecule has 3 aromatic carbocycles. The molecule has 0 saturated carbocycles. The number of hydrazone groups is 1. The highest BCUT2D eigenvalue weighted by Crippen LogP contribution is 2.52. The monoisotopic (exact) mass is 436 g/mol. The average molecular weight is 436 g/mol. The Morgan fingerprint density at radius 3 is 2.18 bits per heavy atom. The van der Waals surface area contributed by atoms with Crippen molar-refractivity contribution in [3.05, 3.63) is 96.1 Å². The van der Waals surface area contributed by atoms with Gasteiger partial charge in [-0.25, -0.2) is 4.90 Å². The maximum Gasteiger partial charge on any atom is 0.249 e. The lowest BCUT2D eigenvalue weighted by molar-refractivity contribution is -0.129. The number of hydrogen-bond donors (Lipinski definition) is 1. The van der Waals surface area contributed by atoms with Crippen molar-refractivity contribution in [1.29, 1.82) is 0 Å². The number of para-hydroxylation sites is 2. The lowest BCUT2D eigenvalue weighted by Gasteiger charge is -2.33. The molecule has 0 bridgehead atoms. The number of fused-ring (bicyclic) bond motifs is 5. The molecule has 4 atom stereocenters. The first-order valence-corrected chi connectivity index (χ1v) is 10.8. The van der Waals surface area contributed by atoms with Crippen molar-refractivity contribution in [2.24, 2.45) is 16.9 Å². The summed E-state index contributed by atoms with van der Waals surface area (Å²) in [5, 5.41) is 9.10. The molecular formula is C26H20N4O3. The summed E-state index contributed by atoms with van der Waals surface area (Å²) in [6, 6.07) is 24.2. The molecule has 1 unspecified atom stereocenters. The molecule has 3 aliphatic rings. The molecule has 0 aliphatic carbocycles. The minimum Gasteiger partial charge on any atom is -0.324 e. The Balaban J connectivity index is 1.45. The van der Waals surface area contributed by atoms with Crippen LogP contribution < -0.4 is 10.2 Å². The summed E-state index contributed by atoms with van der Waals surface area (Å²) >= 11 is 0. The van der Waals surface area contributed by atoms with Crippen molar-refractivity contribution in [3.8, 4) is 0 Å². The fourth-order valence-corrected chi connectivity index (χ4v) is 5.24.